The summed E-state index contributed by atoms with van der Waals surface area (Å²) in [5.74, 6) is -0.141. The van der Waals surface area contributed by atoms with Crippen LogP contribution in [0.25, 0.3) is 0 Å². The van der Waals surface area contributed by atoms with Crippen molar-refractivity contribution in [2.24, 2.45) is 5.73 Å². The van der Waals surface area contributed by atoms with Crippen LogP contribution in [0.1, 0.15) is 19.8 Å². The number of carbonyl (C=O) groups excluding carboxylic acids is 1. The van der Waals surface area contributed by atoms with E-state index in [0.717, 1.165) is 0 Å². The molecule has 110 valence electrons. The van der Waals surface area contributed by atoms with E-state index in [2.05, 4.69) is 24.2 Å². The molecule has 0 aliphatic heterocycles. The van der Waals surface area contributed by atoms with Gasteiger partial charge in [0.25, 0.3) is 0 Å². The minimum atomic E-state index is -0.566. The molecule has 0 aromatic rings. The fraction of sp³-hybridized carbons (Fsp3) is 0.909. The molecule has 3 N–H and O–H groups in total. The van der Waals surface area contributed by atoms with Gasteiger partial charge in [0.05, 0.1) is 6.61 Å². The summed E-state index contributed by atoms with van der Waals surface area (Å²) in [6, 6.07) is 0.495. The standard InChI is InChI=1S/C11H23N3O2.2ClH/c1-8(14(2)9-4-5-9)6-13-11(15)10(12)7-16-3;;/h8-10H,4-7,12H2,1-3H3,(H,13,15);2*1H. The van der Waals surface area contributed by atoms with Crippen molar-refractivity contribution >= 4 is 30.7 Å². The van der Waals surface area contributed by atoms with Gasteiger partial charge < -0.3 is 15.8 Å². The Bertz CT molecular complexity index is 240. The fourth-order valence-electron chi connectivity index (χ4n) is 1.62. The number of hydrogen-bond acceptors (Lipinski definition) is 4. The van der Waals surface area contributed by atoms with Gasteiger partial charge in [0.1, 0.15) is 6.04 Å². The van der Waals surface area contributed by atoms with Crippen LogP contribution in [0.5, 0.6) is 0 Å². The molecule has 0 aromatic heterocycles. The van der Waals surface area contributed by atoms with E-state index in [9.17, 15) is 4.79 Å². The summed E-state index contributed by atoms with van der Waals surface area (Å²) < 4.78 is 4.83. The highest BCUT2D eigenvalue weighted by Gasteiger charge is 2.29. The lowest BCUT2D eigenvalue weighted by molar-refractivity contribution is -0.123. The third-order valence-corrected chi connectivity index (χ3v) is 3.07. The van der Waals surface area contributed by atoms with Gasteiger partial charge in [0.15, 0.2) is 0 Å². The zero-order valence-corrected chi connectivity index (χ0v) is 12.9. The van der Waals surface area contributed by atoms with Gasteiger partial charge in [-0.3, -0.25) is 9.69 Å². The van der Waals surface area contributed by atoms with Gasteiger partial charge in [0.2, 0.25) is 5.91 Å². The Labute approximate surface area is 122 Å². The molecule has 7 heteroatoms. The maximum atomic E-state index is 11.5. The number of nitrogens with two attached hydrogens (primary N) is 1. The molecule has 2 unspecified atom stereocenters. The largest absolute Gasteiger partial charge is 0.383 e. The summed E-state index contributed by atoms with van der Waals surface area (Å²) in [7, 11) is 3.64. The molecule has 0 spiro atoms. The number of halogens is 2. The summed E-state index contributed by atoms with van der Waals surface area (Å²) in [6.45, 7) is 3.02. The summed E-state index contributed by atoms with van der Waals surface area (Å²) in [5, 5.41) is 2.84. The second-order valence-corrected chi connectivity index (χ2v) is 4.55. The minimum Gasteiger partial charge on any atom is -0.383 e. The summed E-state index contributed by atoms with van der Waals surface area (Å²) >= 11 is 0. The number of hydrogen-bond donors (Lipinski definition) is 2. The first-order valence-electron chi connectivity index (χ1n) is 5.80. The number of nitrogens with one attached hydrogen (secondary N) is 1. The van der Waals surface area contributed by atoms with E-state index in [0.29, 0.717) is 18.6 Å². The lowest BCUT2D eigenvalue weighted by atomic mass is 10.2. The Morgan fingerprint density at radius 1 is 1.50 bits per heavy atom. The zero-order valence-electron chi connectivity index (χ0n) is 11.2. The molecular weight excluding hydrogens is 277 g/mol. The highest BCUT2D eigenvalue weighted by Crippen LogP contribution is 2.26. The summed E-state index contributed by atoms with van der Waals surface area (Å²) in [5.41, 5.74) is 5.61. The van der Waals surface area contributed by atoms with Gasteiger partial charge in [-0.25, -0.2) is 0 Å². The predicted molar refractivity (Wildman–Crippen MR) is 77.6 cm³/mol. The highest BCUT2D eigenvalue weighted by molar-refractivity contribution is 5.85. The topological polar surface area (TPSA) is 67.6 Å². The van der Waals surface area contributed by atoms with Crippen LogP contribution in [-0.4, -0.2) is 56.2 Å². The maximum absolute atomic E-state index is 11.5. The first-order chi connectivity index (χ1) is 7.56. The molecule has 1 aliphatic carbocycles. The van der Waals surface area contributed by atoms with Crippen molar-refractivity contribution in [1.29, 1.82) is 0 Å². The number of likely N-dealkylation sites (N-methyl/N-ethyl adjacent to an activating group) is 1. The SMILES string of the molecule is COCC(N)C(=O)NCC(C)N(C)C1CC1.Cl.Cl. The van der Waals surface area contributed by atoms with Gasteiger partial charge in [-0.1, -0.05) is 0 Å². The number of methoxy groups -OCH3 is 1. The molecule has 5 nitrogen and oxygen atoms in total. The number of amides is 1. The molecule has 18 heavy (non-hydrogen) atoms. The normalized spacial score (nSPS) is 17.4. The minimum absolute atomic E-state index is 0. The first kappa shape index (κ1) is 20.3. The van der Waals surface area contributed by atoms with Crippen molar-refractivity contribution in [3.05, 3.63) is 0 Å². The molecule has 1 fully saturated rings. The maximum Gasteiger partial charge on any atom is 0.239 e. The third kappa shape index (κ3) is 6.75. The Morgan fingerprint density at radius 3 is 2.50 bits per heavy atom. The molecule has 0 radical (unpaired) electrons. The molecule has 2 atom stereocenters. The monoisotopic (exact) mass is 301 g/mol. The van der Waals surface area contributed by atoms with E-state index in [1.807, 2.05) is 0 Å². The van der Waals surface area contributed by atoms with Gasteiger partial charge >= 0.3 is 0 Å². The van der Waals surface area contributed by atoms with Crippen LogP contribution in [0, 0.1) is 0 Å². The van der Waals surface area contributed by atoms with Crippen LogP contribution in [-0.2, 0) is 9.53 Å². The Morgan fingerprint density at radius 2 is 2.06 bits per heavy atom. The van der Waals surface area contributed by atoms with Crippen molar-refractivity contribution in [3.8, 4) is 0 Å². The van der Waals surface area contributed by atoms with Crippen LogP contribution in [0.2, 0.25) is 0 Å². The Kier molecular flexibility index (Phi) is 11.0. The second kappa shape index (κ2) is 9.81. The Hall–Kier alpha value is -0.0700. The van der Waals surface area contributed by atoms with Gasteiger partial charge in [-0.15, -0.1) is 24.8 Å². The van der Waals surface area contributed by atoms with E-state index < -0.39 is 6.04 Å². The first-order valence-corrected chi connectivity index (χ1v) is 5.80. The number of nitrogens with zero attached hydrogens (tertiary/aromatic N) is 1. The summed E-state index contributed by atoms with van der Waals surface area (Å²) in [4.78, 5) is 13.8. The van der Waals surface area contributed by atoms with Crippen molar-refractivity contribution in [2.75, 3.05) is 27.3 Å². The molecular formula is C11H25Cl2N3O2. The van der Waals surface area contributed by atoms with Crippen LogP contribution in [0.3, 0.4) is 0 Å². The highest BCUT2D eigenvalue weighted by atomic mass is 35.5. The van der Waals surface area contributed by atoms with Crippen LogP contribution < -0.4 is 11.1 Å². The number of carbonyl (C=O) groups is 1. The molecule has 0 heterocycles. The van der Waals surface area contributed by atoms with Crippen LogP contribution in [0.15, 0.2) is 0 Å². The van der Waals surface area contributed by atoms with E-state index in [1.165, 1.54) is 20.0 Å². The van der Waals surface area contributed by atoms with E-state index in [-0.39, 0.29) is 37.3 Å². The quantitative estimate of drug-likeness (QED) is 0.714. The van der Waals surface area contributed by atoms with Crippen molar-refractivity contribution in [3.63, 3.8) is 0 Å². The van der Waals surface area contributed by atoms with Crippen molar-refractivity contribution in [1.82, 2.24) is 10.2 Å². The van der Waals surface area contributed by atoms with E-state index >= 15 is 0 Å². The van der Waals surface area contributed by atoms with Crippen molar-refractivity contribution < 1.29 is 9.53 Å². The zero-order chi connectivity index (χ0) is 12.1. The van der Waals surface area contributed by atoms with E-state index in [4.69, 9.17) is 10.5 Å². The molecule has 0 saturated heterocycles. The molecule has 0 bridgehead atoms. The lowest BCUT2D eigenvalue weighted by Crippen LogP contribution is -2.48. The fourth-order valence-corrected chi connectivity index (χ4v) is 1.62. The smallest absolute Gasteiger partial charge is 0.239 e. The average molecular weight is 302 g/mol. The van der Waals surface area contributed by atoms with Gasteiger partial charge in [-0.2, -0.15) is 0 Å². The average Bonchev–Trinajstić information content (AvgIpc) is 3.08. The number of rotatable bonds is 7. The summed E-state index contributed by atoms with van der Waals surface area (Å²) in [6.07, 6.45) is 2.55. The molecule has 0 aromatic carbocycles. The van der Waals surface area contributed by atoms with Gasteiger partial charge in [0, 0.05) is 25.7 Å². The van der Waals surface area contributed by atoms with Crippen LogP contribution >= 0.6 is 24.8 Å². The molecule has 1 amide bonds. The lowest BCUT2D eigenvalue weighted by Gasteiger charge is -2.25. The molecule has 1 saturated carbocycles. The molecule has 1 rings (SSSR count). The second-order valence-electron chi connectivity index (χ2n) is 4.55. The van der Waals surface area contributed by atoms with E-state index in [1.54, 1.807) is 0 Å². The third-order valence-electron chi connectivity index (χ3n) is 3.07. The van der Waals surface area contributed by atoms with Crippen LogP contribution in [0.4, 0.5) is 0 Å². The Balaban J connectivity index is 0. The van der Waals surface area contributed by atoms with Crippen molar-refractivity contribution in [2.45, 2.75) is 37.9 Å². The van der Waals surface area contributed by atoms with Gasteiger partial charge in [-0.05, 0) is 26.8 Å². The number of ether oxygens (including phenoxy) is 1. The predicted octanol–water partition coefficient (Wildman–Crippen LogP) is 0.403. The molecule has 1 aliphatic rings.